The van der Waals surface area contributed by atoms with Crippen molar-refractivity contribution in [3.8, 4) is 0 Å². The van der Waals surface area contributed by atoms with Gasteiger partial charge in [-0.25, -0.2) is 13.2 Å². The summed E-state index contributed by atoms with van der Waals surface area (Å²) in [5.74, 6) is 0.504. The molecule has 0 aliphatic carbocycles. The number of carbonyl (C=O) groups excluding carboxylic acids is 1. The number of carbonyl (C=O) groups is 1. The molecule has 0 aromatic rings. The smallest absolute Gasteiger partial charge is 0.412 e. The van der Waals surface area contributed by atoms with Crippen LogP contribution in [0.2, 0.25) is 0 Å². The number of nitrogens with one attached hydrogen (secondary N) is 2. The van der Waals surface area contributed by atoms with E-state index in [1.165, 1.54) is 6.26 Å². The largest absolute Gasteiger partial charge is 0.444 e. The van der Waals surface area contributed by atoms with E-state index in [2.05, 4.69) is 15.6 Å². The molecule has 0 bridgehead atoms. The van der Waals surface area contributed by atoms with E-state index in [4.69, 9.17) is 9.47 Å². The van der Waals surface area contributed by atoms with Gasteiger partial charge in [0.05, 0.1) is 24.4 Å². The maximum atomic E-state index is 12.8. The summed E-state index contributed by atoms with van der Waals surface area (Å²) in [5.41, 5.74) is -1.43. The van der Waals surface area contributed by atoms with Gasteiger partial charge in [-0.2, -0.15) is 0 Å². The highest BCUT2D eigenvalue weighted by molar-refractivity contribution is 7.90. The molecule has 1 rings (SSSR count). The predicted molar refractivity (Wildman–Crippen MR) is 110 cm³/mol. The highest BCUT2D eigenvalue weighted by atomic mass is 32.2. The van der Waals surface area contributed by atoms with Gasteiger partial charge in [0.2, 0.25) is 0 Å². The van der Waals surface area contributed by atoms with Gasteiger partial charge in [-0.15, -0.1) is 0 Å². The summed E-state index contributed by atoms with van der Waals surface area (Å²) < 4.78 is 34.1. The summed E-state index contributed by atoms with van der Waals surface area (Å²) in [6.45, 7) is 14.1. The SMILES string of the molecule is CCNC(=NCC1C(C)OC(C)(C)N1C(=O)OC(C)(C)C)NCCS(C)(=O)=O. The van der Waals surface area contributed by atoms with Crippen molar-refractivity contribution in [2.45, 2.75) is 71.9 Å². The Hall–Kier alpha value is -1.55. The monoisotopic (exact) mass is 420 g/mol. The zero-order chi connectivity index (χ0) is 21.8. The molecule has 0 aromatic carbocycles. The highest BCUT2D eigenvalue weighted by Gasteiger charge is 2.49. The Morgan fingerprint density at radius 2 is 1.89 bits per heavy atom. The predicted octanol–water partition coefficient (Wildman–Crippen LogP) is 1.35. The Balaban J connectivity index is 2.93. The molecule has 28 heavy (non-hydrogen) atoms. The number of nitrogens with zero attached hydrogens (tertiary/aromatic N) is 2. The number of amides is 1. The molecule has 9 nitrogen and oxygen atoms in total. The molecule has 1 aliphatic heterocycles. The minimum Gasteiger partial charge on any atom is -0.444 e. The van der Waals surface area contributed by atoms with Crippen molar-refractivity contribution in [3.05, 3.63) is 0 Å². The van der Waals surface area contributed by atoms with E-state index in [1.807, 2.05) is 48.5 Å². The van der Waals surface area contributed by atoms with Gasteiger partial charge in [-0.05, 0) is 48.5 Å². The third kappa shape index (κ3) is 7.83. The molecule has 0 aromatic heterocycles. The van der Waals surface area contributed by atoms with Crippen molar-refractivity contribution >= 4 is 21.9 Å². The second-order valence-electron chi connectivity index (χ2n) is 8.46. The first-order chi connectivity index (χ1) is 12.7. The van der Waals surface area contributed by atoms with Crippen molar-refractivity contribution in [1.29, 1.82) is 0 Å². The topological polar surface area (TPSA) is 109 Å². The molecule has 0 radical (unpaired) electrons. The first-order valence-electron chi connectivity index (χ1n) is 9.56. The van der Waals surface area contributed by atoms with Gasteiger partial charge in [-0.3, -0.25) is 9.89 Å². The van der Waals surface area contributed by atoms with Crippen LogP contribution in [0.1, 0.15) is 48.5 Å². The third-order valence-electron chi connectivity index (χ3n) is 4.06. The third-order valence-corrected chi connectivity index (χ3v) is 5.01. The fourth-order valence-corrected chi connectivity index (χ4v) is 3.45. The van der Waals surface area contributed by atoms with Gasteiger partial charge < -0.3 is 20.1 Å². The van der Waals surface area contributed by atoms with Crippen LogP contribution in [0.15, 0.2) is 4.99 Å². The average Bonchev–Trinajstić information content (AvgIpc) is 2.70. The number of guanidine groups is 1. The molecule has 1 aliphatic rings. The molecule has 10 heteroatoms. The van der Waals surface area contributed by atoms with Crippen molar-refractivity contribution in [2.75, 3.05) is 31.6 Å². The molecule has 1 fully saturated rings. The average molecular weight is 421 g/mol. The summed E-state index contributed by atoms with van der Waals surface area (Å²) in [7, 11) is -3.06. The molecule has 2 N–H and O–H groups in total. The van der Waals surface area contributed by atoms with Crippen LogP contribution in [0.3, 0.4) is 0 Å². The maximum absolute atomic E-state index is 12.8. The Morgan fingerprint density at radius 3 is 2.39 bits per heavy atom. The zero-order valence-electron chi connectivity index (χ0n) is 18.3. The van der Waals surface area contributed by atoms with Crippen molar-refractivity contribution in [3.63, 3.8) is 0 Å². The fourth-order valence-electron chi connectivity index (χ4n) is 2.98. The lowest BCUT2D eigenvalue weighted by atomic mass is 10.1. The molecule has 2 unspecified atom stereocenters. The zero-order valence-corrected chi connectivity index (χ0v) is 19.1. The Bertz CT molecular complexity index is 670. The van der Waals surface area contributed by atoms with Gasteiger partial charge in [0.1, 0.15) is 21.2 Å². The van der Waals surface area contributed by atoms with E-state index in [1.54, 1.807) is 4.90 Å². The van der Waals surface area contributed by atoms with Gasteiger partial charge in [0, 0.05) is 19.3 Å². The second-order valence-corrected chi connectivity index (χ2v) is 10.7. The molecule has 2 atom stereocenters. The molecule has 1 heterocycles. The number of hydrogen-bond donors (Lipinski definition) is 2. The van der Waals surface area contributed by atoms with Crippen molar-refractivity contribution in [1.82, 2.24) is 15.5 Å². The molecule has 1 amide bonds. The number of sulfone groups is 1. The van der Waals surface area contributed by atoms with Crippen molar-refractivity contribution < 1.29 is 22.7 Å². The first-order valence-corrected chi connectivity index (χ1v) is 11.6. The van der Waals surface area contributed by atoms with Gasteiger partial charge in [-0.1, -0.05) is 0 Å². The molecule has 0 saturated carbocycles. The quantitative estimate of drug-likeness (QED) is 0.493. The molecular formula is C18H36N4O5S. The molecule has 1 saturated heterocycles. The highest BCUT2D eigenvalue weighted by Crippen LogP contribution is 2.33. The van der Waals surface area contributed by atoms with Crippen LogP contribution in [-0.4, -0.2) is 80.5 Å². The van der Waals surface area contributed by atoms with Crippen LogP contribution >= 0.6 is 0 Å². The Morgan fingerprint density at radius 1 is 1.29 bits per heavy atom. The number of rotatable bonds is 6. The molecular weight excluding hydrogens is 384 g/mol. The second kappa shape index (κ2) is 9.30. The van der Waals surface area contributed by atoms with E-state index in [0.29, 0.717) is 12.5 Å². The van der Waals surface area contributed by atoms with E-state index in [0.717, 1.165) is 0 Å². The van der Waals surface area contributed by atoms with Gasteiger partial charge >= 0.3 is 6.09 Å². The number of aliphatic imine (C=N–C) groups is 1. The van der Waals surface area contributed by atoms with Crippen LogP contribution < -0.4 is 10.6 Å². The lowest BCUT2D eigenvalue weighted by Gasteiger charge is -2.34. The normalized spacial score (nSPS) is 22.9. The lowest BCUT2D eigenvalue weighted by molar-refractivity contribution is -0.0755. The maximum Gasteiger partial charge on any atom is 0.412 e. The number of hydrogen-bond acceptors (Lipinski definition) is 6. The van der Waals surface area contributed by atoms with Gasteiger partial charge in [0.25, 0.3) is 0 Å². The minimum absolute atomic E-state index is 0.0113. The standard InChI is InChI=1S/C18H36N4O5S/c1-9-19-15(20-10-11-28(8,24)25)21-12-14-13(2)26-18(6,7)22(14)16(23)27-17(3,4)5/h13-14H,9-12H2,1-8H3,(H2,19,20,21). The molecule has 0 spiro atoms. The lowest BCUT2D eigenvalue weighted by Crippen LogP contribution is -2.51. The summed E-state index contributed by atoms with van der Waals surface area (Å²) in [4.78, 5) is 18.9. The van der Waals surface area contributed by atoms with Gasteiger partial charge in [0.15, 0.2) is 5.96 Å². The van der Waals surface area contributed by atoms with Crippen LogP contribution in [0.5, 0.6) is 0 Å². The van der Waals surface area contributed by atoms with Crippen LogP contribution in [0.25, 0.3) is 0 Å². The number of ether oxygens (including phenoxy) is 2. The first kappa shape index (κ1) is 24.5. The van der Waals surface area contributed by atoms with Crippen molar-refractivity contribution in [2.24, 2.45) is 4.99 Å². The summed E-state index contributed by atoms with van der Waals surface area (Å²) in [5, 5.41) is 6.08. The summed E-state index contributed by atoms with van der Waals surface area (Å²) in [6.07, 6.45) is 0.513. The van der Waals surface area contributed by atoms with Crippen LogP contribution in [0, 0.1) is 0 Å². The van der Waals surface area contributed by atoms with E-state index < -0.39 is 27.3 Å². The summed E-state index contributed by atoms with van der Waals surface area (Å²) >= 11 is 0. The Labute approximate surface area is 169 Å². The summed E-state index contributed by atoms with van der Waals surface area (Å²) in [6, 6.07) is -0.310. The van der Waals surface area contributed by atoms with Crippen LogP contribution in [-0.2, 0) is 19.3 Å². The molecule has 164 valence electrons. The van der Waals surface area contributed by atoms with E-state index >= 15 is 0 Å². The Kier molecular flexibility index (Phi) is 8.13. The van der Waals surface area contributed by atoms with Crippen LogP contribution in [0.4, 0.5) is 4.79 Å². The van der Waals surface area contributed by atoms with E-state index in [9.17, 15) is 13.2 Å². The van der Waals surface area contributed by atoms with E-state index in [-0.39, 0.29) is 31.0 Å². The fraction of sp³-hybridized carbons (Fsp3) is 0.889. The minimum atomic E-state index is -3.06.